The van der Waals surface area contributed by atoms with Gasteiger partial charge < -0.3 is 14.4 Å². The number of likely N-dealkylation sites (N-methyl/N-ethyl adjacent to an activating group) is 1. The Morgan fingerprint density at radius 1 is 1.45 bits per heavy atom. The van der Waals surface area contributed by atoms with Gasteiger partial charge in [-0.15, -0.1) is 0 Å². The Hall–Kier alpha value is -1.92. The number of nitrogens with zero attached hydrogens (tertiary/aromatic N) is 1. The van der Waals surface area contributed by atoms with E-state index in [1.807, 2.05) is 13.0 Å². The number of Topliss-reactive ketones (excluding diaryl/α,β-unsaturated/α-hetero) is 1. The number of rotatable bonds is 3. The van der Waals surface area contributed by atoms with Crippen molar-refractivity contribution in [3.05, 3.63) is 51.9 Å². The van der Waals surface area contributed by atoms with Crippen LogP contribution in [0.15, 0.2) is 39.4 Å². The van der Waals surface area contributed by atoms with Crippen LogP contribution in [0.1, 0.15) is 28.1 Å². The molecule has 1 N–H and O–H groups in total. The molecule has 3 rings (SSSR count). The maximum Gasteiger partial charge on any atom is 0.263 e. The van der Waals surface area contributed by atoms with Gasteiger partial charge in [0, 0.05) is 17.1 Å². The number of anilines is 1. The third-order valence-corrected chi connectivity index (χ3v) is 4.46. The summed E-state index contributed by atoms with van der Waals surface area (Å²) in [4.78, 5) is 26.2. The largest absolute Gasteiger partial charge is 0.461 e. The predicted octanol–water partition coefficient (Wildman–Crippen LogP) is 2.79. The lowest BCUT2D eigenvalue weighted by atomic mass is 9.88. The first kappa shape index (κ1) is 15.0. The van der Waals surface area contributed by atoms with Gasteiger partial charge in [-0.25, -0.2) is 0 Å². The van der Waals surface area contributed by atoms with Crippen LogP contribution in [0.4, 0.5) is 5.69 Å². The van der Waals surface area contributed by atoms with E-state index in [0.717, 1.165) is 5.56 Å². The molecule has 114 valence electrons. The third kappa shape index (κ3) is 2.10. The second-order valence-electron chi connectivity index (χ2n) is 5.44. The highest BCUT2D eigenvalue weighted by molar-refractivity contribution is 9.10. The number of benzene rings is 1. The number of carbonyl (C=O) groups is 2. The minimum atomic E-state index is -1.87. The average Bonchev–Trinajstić information content (AvgIpc) is 3.03. The van der Waals surface area contributed by atoms with Crippen molar-refractivity contribution in [1.29, 1.82) is 0 Å². The summed E-state index contributed by atoms with van der Waals surface area (Å²) in [5.41, 5.74) is 0.0393. The van der Waals surface area contributed by atoms with Gasteiger partial charge in [-0.05, 0) is 46.6 Å². The summed E-state index contributed by atoms with van der Waals surface area (Å²) in [7, 11) is 1.58. The standard InChI is InChI=1S/C16H14BrNO4/c1-9-6-10-14(11(17)7-9)18(2)15(20)16(10,21)8-12(19)13-4-3-5-22-13/h3-7,21H,8H2,1-2H3. The second-order valence-corrected chi connectivity index (χ2v) is 6.30. The van der Waals surface area contributed by atoms with Gasteiger partial charge in [-0.1, -0.05) is 6.07 Å². The van der Waals surface area contributed by atoms with Crippen molar-refractivity contribution in [3.8, 4) is 0 Å². The molecule has 0 saturated heterocycles. The molecule has 2 heterocycles. The molecule has 1 aromatic heterocycles. The number of ketones is 1. The molecule has 0 spiro atoms. The fourth-order valence-electron chi connectivity index (χ4n) is 2.81. The minimum Gasteiger partial charge on any atom is -0.461 e. The van der Waals surface area contributed by atoms with Crippen LogP contribution in [0.2, 0.25) is 0 Å². The van der Waals surface area contributed by atoms with Crippen molar-refractivity contribution in [2.45, 2.75) is 18.9 Å². The van der Waals surface area contributed by atoms with Gasteiger partial charge in [-0.2, -0.15) is 0 Å². The van der Waals surface area contributed by atoms with Crippen molar-refractivity contribution in [2.75, 3.05) is 11.9 Å². The maximum atomic E-state index is 12.5. The van der Waals surface area contributed by atoms with Crippen LogP contribution >= 0.6 is 15.9 Å². The molecule has 0 aliphatic carbocycles. The summed E-state index contributed by atoms with van der Waals surface area (Å²) in [5.74, 6) is -0.808. The lowest BCUT2D eigenvalue weighted by molar-refractivity contribution is -0.135. The molecule has 1 aromatic carbocycles. The van der Waals surface area contributed by atoms with Gasteiger partial charge in [0.25, 0.3) is 5.91 Å². The number of furan rings is 1. The van der Waals surface area contributed by atoms with Crippen LogP contribution in [0.3, 0.4) is 0 Å². The number of carbonyl (C=O) groups excluding carboxylic acids is 2. The van der Waals surface area contributed by atoms with Crippen LogP contribution in [0, 0.1) is 6.92 Å². The Morgan fingerprint density at radius 3 is 2.82 bits per heavy atom. The molecule has 0 saturated carbocycles. The SMILES string of the molecule is Cc1cc(Br)c2c(c1)C(O)(CC(=O)c1ccco1)C(=O)N2C. The summed E-state index contributed by atoms with van der Waals surface area (Å²) in [5, 5.41) is 10.9. The molecular formula is C16H14BrNO4. The molecule has 1 amide bonds. The first-order valence-electron chi connectivity index (χ1n) is 6.72. The van der Waals surface area contributed by atoms with Gasteiger partial charge in [0.15, 0.2) is 11.4 Å². The number of fused-ring (bicyclic) bond motifs is 1. The predicted molar refractivity (Wildman–Crippen MR) is 83.8 cm³/mol. The van der Waals surface area contributed by atoms with E-state index >= 15 is 0 Å². The Kier molecular flexibility index (Phi) is 3.45. The molecule has 1 atom stereocenters. The van der Waals surface area contributed by atoms with Crippen molar-refractivity contribution < 1.29 is 19.1 Å². The molecule has 0 fully saturated rings. The number of hydrogen-bond donors (Lipinski definition) is 1. The van der Waals surface area contributed by atoms with E-state index in [4.69, 9.17) is 4.42 Å². The van der Waals surface area contributed by atoms with Gasteiger partial charge >= 0.3 is 0 Å². The summed E-state index contributed by atoms with van der Waals surface area (Å²) >= 11 is 3.41. The molecule has 2 aromatic rings. The van der Waals surface area contributed by atoms with E-state index in [1.54, 1.807) is 19.2 Å². The maximum absolute atomic E-state index is 12.5. The van der Waals surface area contributed by atoms with E-state index in [2.05, 4.69) is 15.9 Å². The first-order chi connectivity index (χ1) is 10.3. The molecule has 5 nitrogen and oxygen atoms in total. The lowest BCUT2D eigenvalue weighted by Crippen LogP contribution is -2.40. The number of aliphatic hydroxyl groups is 1. The monoisotopic (exact) mass is 363 g/mol. The molecule has 0 radical (unpaired) electrons. The first-order valence-corrected chi connectivity index (χ1v) is 7.52. The summed E-state index contributed by atoms with van der Waals surface area (Å²) in [6.45, 7) is 1.86. The minimum absolute atomic E-state index is 0.129. The summed E-state index contributed by atoms with van der Waals surface area (Å²) in [6, 6.07) is 6.70. The average molecular weight is 364 g/mol. The zero-order valence-corrected chi connectivity index (χ0v) is 13.7. The van der Waals surface area contributed by atoms with E-state index in [0.29, 0.717) is 15.7 Å². The fourth-order valence-corrected chi connectivity index (χ4v) is 3.65. The number of hydrogen-bond acceptors (Lipinski definition) is 4. The van der Waals surface area contributed by atoms with E-state index in [-0.39, 0.29) is 12.2 Å². The quantitative estimate of drug-likeness (QED) is 0.851. The van der Waals surface area contributed by atoms with Crippen LogP contribution in [-0.4, -0.2) is 23.8 Å². The van der Waals surface area contributed by atoms with Gasteiger partial charge in [-0.3, -0.25) is 9.59 Å². The molecule has 6 heteroatoms. The van der Waals surface area contributed by atoms with Gasteiger partial charge in [0.1, 0.15) is 0 Å². The Morgan fingerprint density at radius 2 is 2.18 bits per heavy atom. The Bertz CT molecular complexity index is 769. The zero-order valence-electron chi connectivity index (χ0n) is 12.1. The topological polar surface area (TPSA) is 70.7 Å². The number of aryl methyl sites for hydroxylation is 1. The molecule has 1 unspecified atom stereocenters. The van der Waals surface area contributed by atoms with Crippen LogP contribution in [0.5, 0.6) is 0 Å². The zero-order chi connectivity index (χ0) is 16.1. The van der Waals surface area contributed by atoms with Crippen molar-refractivity contribution in [1.82, 2.24) is 0 Å². The molecule has 1 aliphatic heterocycles. The van der Waals surface area contributed by atoms with Crippen molar-refractivity contribution >= 4 is 33.3 Å². The smallest absolute Gasteiger partial charge is 0.263 e. The summed E-state index contributed by atoms with van der Waals surface area (Å²) < 4.78 is 5.76. The lowest BCUT2D eigenvalue weighted by Gasteiger charge is -2.20. The van der Waals surface area contributed by atoms with E-state index < -0.39 is 17.3 Å². The Labute approximate surface area is 135 Å². The van der Waals surface area contributed by atoms with Crippen LogP contribution in [-0.2, 0) is 10.4 Å². The third-order valence-electron chi connectivity index (χ3n) is 3.86. The highest BCUT2D eigenvalue weighted by Crippen LogP contribution is 2.46. The second kappa shape index (κ2) is 5.07. The van der Waals surface area contributed by atoms with Gasteiger partial charge in [0.05, 0.1) is 18.4 Å². The molecule has 1 aliphatic rings. The van der Waals surface area contributed by atoms with Crippen molar-refractivity contribution in [3.63, 3.8) is 0 Å². The highest BCUT2D eigenvalue weighted by Gasteiger charge is 2.50. The molecular weight excluding hydrogens is 350 g/mol. The number of halogens is 1. The normalized spacial score (nSPS) is 20.4. The Balaban J connectivity index is 2.08. The van der Waals surface area contributed by atoms with E-state index in [1.165, 1.54) is 17.2 Å². The fraction of sp³-hybridized carbons (Fsp3) is 0.250. The number of amides is 1. The van der Waals surface area contributed by atoms with E-state index in [9.17, 15) is 14.7 Å². The highest BCUT2D eigenvalue weighted by atomic mass is 79.9. The molecule has 0 bridgehead atoms. The summed E-state index contributed by atoms with van der Waals surface area (Å²) in [6.07, 6.45) is 1.03. The van der Waals surface area contributed by atoms with Crippen molar-refractivity contribution in [2.24, 2.45) is 0 Å². The van der Waals surface area contributed by atoms with Crippen LogP contribution < -0.4 is 4.90 Å². The van der Waals surface area contributed by atoms with Crippen LogP contribution in [0.25, 0.3) is 0 Å². The molecule has 22 heavy (non-hydrogen) atoms. The van der Waals surface area contributed by atoms with Gasteiger partial charge in [0.2, 0.25) is 5.78 Å².